The zero-order chi connectivity index (χ0) is 25.3. The van der Waals surface area contributed by atoms with E-state index >= 15 is 0 Å². The van der Waals surface area contributed by atoms with E-state index in [1.165, 1.54) is 16.5 Å². The standard InChI is InChI=1S/C25H21ClF3N3O3/c1-15(2)12-19(17-9-10-20(26)30-14-17)32-21-8-3-4-11-31(21)23(33)22(24(32)34)16-6-5-7-18(13-16)35-25(27,28)29/h3-11,13-15,19H,12H2,1-2H3/p+1. The van der Waals surface area contributed by atoms with Crippen LogP contribution in [0.5, 0.6) is 11.6 Å². The van der Waals surface area contributed by atoms with Gasteiger partial charge in [-0.05, 0) is 36.6 Å². The van der Waals surface area contributed by atoms with Crippen LogP contribution in [-0.4, -0.2) is 20.9 Å². The third-order valence-electron chi connectivity index (χ3n) is 5.47. The Morgan fingerprint density at radius 1 is 1.14 bits per heavy atom. The molecule has 3 aromatic heterocycles. The number of alkyl halides is 3. The number of benzene rings is 1. The molecule has 0 aliphatic heterocycles. The van der Waals surface area contributed by atoms with Crippen molar-refractivity contribution in [2.24, 2.45) is 5.92 Å². The third kappa shape index (κ3) is 5.24. The Bertz CT molecular complexity index is 1420. The van der Waals surface area contributed by atoms with Crippen LogP contribution in [0.3, 0.4) is 0 Å². The molecule has 10 heteroatoms. The van der Waals surface area contributed by atoms with Crippen LogP contribution in [0.25, 0.3) is 16.8 Å². The Kier molecular flexibility index (Phi) is 6.71. The quantitative estimate of drug-likeness (QED) is 0.276. The molecule has 3 heterocycles. The lowest BCUT2D eigenvalue weighted by atomic mass is 9.97. The monoisotopic (exact) mass is 504 g/mol. The summed E-state index contributed by atoms with van der Waals surface area (Å²) in [6.07, 6.45) is -1.19. The van der Waals surface area contributed by atoms with E-state index in [0.29, 0.717) is 17.2 Å². The van der Waals surface area contributed by atoms with E-state index in [2.05, 4.69) is 9.72 Å². The van der Waals surface area contributed by atoms with Crippen LogP contribution in [0.2, 0.25) is 5.15 Å². The molecule has 0 saturated heterocycles. The SMILES string of the molecule is CC(C)CC(c1ccc(Cl)nc1)[n+]1c(O)c(-c2cccc(OC(F)(F)F)c2)c(=O)n2ccccc21. The minimum atomic E-state index is -4.90. The van der Waals surface area contributed by atoms with Crippen molar-refractivity contribution >= 4 is 17.2 Å². The fourth-order valence-electron chi connectivity index (χ4n) is 4.08. The lowest BCUT2D eigenvalue weighted by Gasteiger charge is -2.21. The molecule has 1 unspecified atom stereocenters. The molecular weight excluding hydrogens is 483 g/mol. The maximum Gasteiger partial charge on any atom is 0.573 e. The van der Waals surface area contributed by atoms with Crippen LogP contribution in [-0.2, 0) is 0 Å². The smallest absolute Gasteiger partial charge is 0.477 e. The molecule has 4 rings (SSSR count). The van der Waals surface area contributed by atoms with Gasteiger partial charge in [0.05, 0.1) is 6.20 Å². The fraction of sp³-hybridized carbons (Fsp3) is 0.240. The molecular formula is C25H22ClF3N3O3+. The van der Waals surface area contributed by atoms with Crippen LogP contribution in [0, 0.1) is 5.92 Å². The average molecular weight is 505 g/mol. The first-order valence-corrected chi connectivity index (χ1v) is 11.2. The molecule has 0 amide bonds. The van der Waals surface area contributed by atoms with E-state index in [1.807, 2.05) is 13.8 Å². The number of ether oxygens (including phenoxy) is 1. The van der Waals surface area contributed by atoms with Crippen LogP contribution in [0.4, 0.5) is 13.2 Å². The Labute approximate surface area is 203 Å². The van der Waals surface area contributed by atoms with Gasteiger partial charge < -0.3 is 9.84 Å². The van der Waals surface area contributed by atoms with Crippen LogP contribution in [0.1, 0.15) is 31.9 Å². The number of nitrogens with zero attached hydrogens (tertiary/aromatic N) is 3. The topological polar surface area (TPSA) is 67.7 Å². The highest BCUT2D eigenvalue weighted by atomic mass is 35.5. The molecule has 1 atom stereocenters. The van der Waals surface area contributed by atoms with Crippen molar-refractivity contribution in [3.8, 4) is 22.8 Å². The molecule has 0 spiro atoms. The summed E-state index contributed by atoms with van der Waals surface area (Å²) < 4.78 is 45.3. The number of halogens is 4. The van der Waals surface area contributed by atoms with E-state index in [4.69, 9.17) is 11.6 Å². The van der Waals surface area contributed by atoms with Gasteiger partial charge in [-0.1, -0.05) is 49.7 Å². The minimum Gasteiger partial charge on any atom is -0.477 e. The Morgan fingerprint density at radius 2 is 1.91 bits per heavy atom. The van der Waals surface area contributed by atoms with Crippen molar-refractivity contribution in [3.05, 3.63) is 88.1 Å². The first-order chi connectivity index (χ1) is 16.5. The second-order valence-electron chi connectivity index (χ2n) is 8.44. The maximum absolute atomic E-state index is 13.4. The summed E-state index contributed by atoms with van der Waals surface area (Å²) >= 11 is 5.98. The Morgan fingerprint density at radius 3 is 2.57 bits per heavy atom. The summed E-state index contributed by atoms with van der Waals surface area (Å²) in [6, 6.07) is 13.0. The number of fused-ring (bicyclic) bond motifs is 1. The molecule has 1 aromatic carbocycles. The molecule has 182 valence electrons. The number of aromatic nitrogens is 3. The van der Waals surface area contributed by atoms with Crippen molar-refractivity contribution in [2.75, 3.05) is 0 Å². The number of hydrogen-bond acceptors (Lipinski definition) is 4. The first kappa shape index (κ1) is 24.5. The summed E-state index contributed by atoms with van der Waals surface area (Å²) in [5.41, 5.74) is 0.488. The van der Waals surface area contributed by atoms with Crippen LogP contribution >= 0.6 is 11.6 Å². The Balaban J connectivity index is 2.01. The van der Waals surface area contributed by atoms with Gasteiger partial charge in [0, 0.05) is 23.4 Å². The predicted octanol–water partition coefficient (Wildman–Crippen LogP) is 5.54. The molecule has 0 radical (unpaired) electrons. The summed E-state index contributed by atoms with van der Waals surface area (Å²) in [5.74, 6) is -0.699. The van der Waals surface area contributed by atoms with Crippen molar-refractivity contribution in [3.63, 3.8) is 0 Å². The van der Waals surface area contributed by atoms with Gasteiger partial charge in [0.15, 0.2) is 5.56 Å². The minimum absolute atomic E-state index is 0.0822. The van der Waals surface area contributed by atoms with Gasteiger partial charge in [-0.3, -0.25) is 0 Å². The molecule has 6 nitrogen and oxygen atoms in total. The molecule has 0 fully saturated rings. The van der Waals surface area contributed by atoms with Gasteiger partial charge in [0.1, 0.15) is 16.9 Å². The Hall–Kier alpha value is -3.59. The zero-order valence-electron chi connectivity index (χ0n) is 18.8. The number of rotatable bonds is 6. The zero-order valence-corrected chi connectivity index (χ0v) is 19.6. The molecule has 0 aliphatic rings. The maximum atomic E-state index is 13.4. The largest absolute Gasteiger partial charge is 0.573 e. The second kappa shape index (κ2) is 9.58. The highest BCUT2D eigenvalue weighted by Crippen LogP contribution is 2.32. The molecule has 35 heavy (non-hydrogen) atoms. The molecule has 0 saturated carbocycles. The lowest BCUT2D eigenvalue weighted by molar-refractivity contribution is -0.698. The highest BCUT2D eigenvalue weighted by molar-refractivity contribution is 6.29. The highest BCUT2D eigenvalue weighted by Gasteiger charge is 2.33. The first-order valence-electron chi connectivity index (χ1n) is 10.8. The summed E-state index contributed by atoms with van der Waals surface area (Å²) in [5, 5.41) is 11.8. The van der Waals surface area contributed by atoms with Gasteiger partial charge in [-0.2, -0.15) is 8.97 Å². The van der Waals surface area contributed by atoms with Crippen molar-refractivity contribution in [2.45, 2.75) is 32.7 Å². The van der Waals surface area contributed by atoms with Crippen LogP contribution in [0.15, 0.2) is 71.8 Å². The van der Waals surface area contributed by atoms with Crippen LogP contribution < -0.4 is 14.9 Å². The van der Waals surface area contributed by atoms with Gasteiger partial charge in [-0.25, -0.2) is 9.78 Å². The van der Waals surface area contributed by atoms with E-state index < -0.39 is 23.7 Å². The van der Waals surface area contributed by atoms with E-state index in [9.17, 15) is 23.1 Å². The van der Waals surface area contributed by atoms with Gasteiger partial charge in [0.2, 0.25) is 0 Å². The molecule has 4 aromatic rings. The average Bonchev–Trinajstić information content (AvgIpc) is 2.78. The number of pyridine rings is 2. The number of aromatic hydroxyl groups is 1. The van der Waals surface area contributed by atoms with Gasteiger partial charge in [-0.15, -0.1) is 13.2 Å². The van der Waals surface area contributed by atoms with E-state index in [0.717, 1.165) is 17.7 Å². The van der Waals surface area contributed by atoms with Gasteiger partial charge >= 0.3 is 11.9 Å². The van der Waals surface area contributed by atoms with Crippen molar-refractivity contribution < 1.29 is 27.6 Å². The normalized spacial score (nSPS) is 12.8. The molecule has 0 aliphatic carbocycles. The van der Waals surface area contributed by atoms with E-state index in [1.54, 1.807) is 47.3 Å². The summed E-state index contributed by atoms with van der Waals surface area (Å²) in [7, 11) is 0. The molecule has 1 N–H and O–H groups in total. The summed E-state index contributed by atoms with van der Waals surface area (Å²) in [6.45, 7) is 4.04. The molecule has 0 bridgehead atoms. The second-order valence-corrected chi connectivity index (χ2v) is 8.83. The van der Waals surface area contributed by atoms with E-state index in [-0.39, 0.29) is 22.9 Å². The number of hydrogen-bond donors (Lipinski definition) is 1. The summed E-state index contributed by atoms with van der Waals surface area (Å²) in [4.78, 5) is 17.6. The van der Waals surface area contributed by atoms with Gasteiger partial charge in [0.25, 0.3) is 11.5 Å². The predicted molar refractivity (Wildman–Crippen MR) is 124 cm³/mol. The lowest BCUT2D eigenvalue weighted by Crippen LogP contribution is -2.46. The van der Waals surface area contributed by atoms with Crippen molar-refractivity contribution in [1.29, 1.82) is 0 Å². The van der Waals surface area contributed by atoms with Crippen molar-refractivity contribution in [1.82, 2.24) is 9.38 Å². The fourth-order valence-corrected chi connectivity index (χ4v) is 4.19. The third-order valence-corrected chi connectivity index (χ3v) is 5.69.